The van der Waals surface area contributed by atoms with E-state index in [1.165, 1.54) is 0 Å². The predicted molar refractivity (Wildman–Crippen MR) is 226 cm³/mol. The Balaban J connectivity index is 4.16. The number of aliphatic hydroxyl groups is 1. The molecule has 0 fully saturated rings. The Labute approximate surface area is 332 Å². The average Bonchev–Trinajstić information content (AvgIpc) is 3.15. The van der Waals surface area contributed by atoms with Gasteiger partial charge in [0.15, 0.2) is 6.10 Å². The molecule has 3 N–H and O–H groups in total. The van der Waals surface area contributed by atoms with Crippen LogP contribution in [0.5, 0.6) is 0 Å². The fourth-order valence-electron chi connectivity index (χ4n) is 4.82. The highest BCUT2D eigenvalue weighted by molar-refractivity contribution is 7.46. The summed E-state index contributed by atoms with van der Waals surface area (Å²) in [5.41, 5.74) is 0. The minimum atomic E-state index is -4.79. The molecule has 0 aliphatic rings. The summed E-state index contributed by atoms with van der Waals surface area (Å²) in [6.45, 7) is 3.32. The number of unbranched alkanes of at least 4 members (excludes halogenated alkanes) is 5. The second-order valence-corrected chi connectivity index (χ2v) is 14.3. The third-order valence-corrected chi connectivity index (χ3v) is 8.33. The zero-order valence-electron chi connectivity index (χ0n) is 33.6. The number of ether oxygens (including phenoxy) is 2. The van der Waals surface area contributed by atoms with Crippen LogP contribution < -0.4 is 0 Å². The largest absolute Gasteiger partial charge is 0.469 e. The van der Waals surface area contributed by atoms with Gasteiger partial charge in [0.2, 0.25) is 0 Å². The Kier molecular flexibility index (Phi) is 36.6. The fourth-order valence-corrected chi connectivity index (χ4v) is 5.18. The van der Waals surface area contributed by atoms with E-state index in [0.717, 1.165) is 89.9 Å². The molecular formula is C45H71O9P. The lowest BCUT2D eigenvalue weighted by atomic mass is 10.1. The van der Waals surface area contributed by atoms with E-state index in [2.05, 4.69) is 103 Å². The summed E-state index contributed by atoms with van der Waals surface area (Å²) in [6.07, 6.45) is 51.5. The summed E-state index contributed by atoms with van der Waals surface area (Å²) < 4.78 is 26.3. The molecule has 9 nitrogen and oxygen atoms in total. The Morgan fingerprint density at radius 1 is 0.564 bits per heavy atom. The van der Waals surface area contributed by atoms with Crippen LogP contribution in [0.15, 0.2) is 109 Å². The SMILES string of the molecule is CC/C=C\C/C=C\C/C=C\C/C=C\C/C=C\CCCCCC(=O)O[C@H](COC(=O)CCC/C=C\C/C=C\C/C=C\C/C=C\[C@@H](O)CCCC)COP(=O)(O)O. The van der Waals surface area contributed by atoms with Crippen molar-refractivity contribution >= 4 is 19.8 Å². The molecule has 0 aromatic rings. The van der Waals surface area contributed by atoms with Gasteiger partial charge in [-0.1, -0.05) is 142 Å². The van der Waals surface area contributed by atoms with E-state index >= 15 is 0 Å². The second-order valence-electron chi connectivity index (χ2n) is 13.0. The fraction of sp³-hybridized carbons (Fsp3) is 0.556. The van der Waals surface area contributed by atoms with Crippen LogP contribution in [0.3, 0.4) is 0 Å². The number of esters is 2. The van der Waals surface area contributed by atoms with Crippen molar-refractivity contribution in [3.05, 3.63) is 109 Å². The summed E-state index contributed by atoms with van der Waals surface area (Å²) >= 11 is 0. The number of carbonyl (C=O) groups is 2. The number of phosphoric ester groups is 1. The molecule has 55 heavy (non-hydrogen) atoms. The van der Waals surface area contributed by atoms with Crippen LogP contribution in [0.2, 0.25) is 0 Å². The highest BCUT2D eigenvalue weighted by atomic mass is 31.2. The molecule has 0 aromatic carbocycles. The van der Waals surface area contributed by atoms with Gasteiger partial charge in [0.1, 0.15) is 6.61 Å². The van der Waals surface area contributed by atoms with Crippen molar-refractivity contribution in [1.29, 1.82) is 0 Å². The molecule has 0 radical (unpaired) electrons. The monoisotopic (exact) mass is 786 g/mol. The smallest absolute Gasteiger partial charge is 0.462 e. The van der Waals surface area contributed by atoms with E-state index in [0.29, 0.717) is 19.3 Å². The van der Waals surface area contributed by atoms with Gasteiger partial charge >= 0.3 is 19.8 Å². The van der Waals surface area contributed by atoms with Crippen molar-refractivity contribution in [3.8, 4) is 0 Å². The quantitative estimate of drug-likeness (QED) is 0.0248. The van der Waals surface area contributed by atoms with Gasteiger partial charge in [-0.15, -0.1) is 0 Å². The Morgan fingerprint density at radius 2 is 1.04 bits per heavy atom. The van der Waals surface area contributed by atoms with Crippen LogP contribution in [-0.4, -0.2) is 52.3 Å². The molecule has 0 bridgehead atoms. The van der Waals surface area contributed by atoms with Crippen molar-refractivity contribution in [2.75, 3.05) is 13.2 Å². The minimum Gasteiger partial charge on any atom is -0.462 e. The van der Waals surface area contributed by atoms with Gasteiger partial charge in [0, 0.05) is 12.8 Å². The number of rotatable bonds is 35. The Bertz CT molecular complexity index is 1270. The number of carbonyl (C=O) groups excluding carboxylic acids is 2. The maximum Gasteiger partial charge on any atom is 0.469 e. The van der Waals surface area contributed by atoms with Gasteiger partial charge in [-0.05, 0) is 89.9 Å². The molecule has 0 rings (SSSR count). The van der Waals surface area contributed by atoms with Gasteiger partial charge in [-0.25, -0.2) is 4.57 Å². The topological polar surface area (TPSA) is 140 Å². The average molecular weight is 787 g/mol. The van der Waals surface area contributed by atoms with Gasteiger partial charge in [-0.3, -0.25) is 14.1 Å². The number of aliphatic hydroxyl groups excluding tert-OH is 1. The van der Waals surface area contributed by atoms with Crippen LogP contribution in [0.25, 0.3) is 0 Å². The van der Waals surface area contributed by atoms with Crippen molar-refractivity contribution in [2.24, 2.45) is 0 Å². The van der Waals surface area contributed by atoms with Crippen LogP contribution in [0.1, 0.15) is 136 Å². The first-order chi connectivity index (χ1) is 26.7. The van der Waals surface area contributed by atoms with Gasteiger partial charge in [-0.2, -0.15) is 0 Å². The molecule has 10 heteroatoms. The summed E-state index contributed by atoms with van der Waals surface area (Å²) in [4.78, 5) is 42.8. The zero-order chi connectivity index (χ0) is 40.5. The summed E-state index contributed by atoms with van der Waals surface area (Å²) in [7, 11) is -4.79. The lowest BCUT2D eigenvalue weighted by molar-refractivity contribution is -0.161. The zero-order valence-corrected chi connectivity index (χ0v) is 34.5. The Hall–Kier alpha value is -3.33. The van der Waals surface area contributed by atoms with E-state index in [9.17, 15) is 19.3 Å². The minimum absolute atomic E-state index is 0.146. The lowest BCUT2D eigenvalue weighted by Crippen LogP contribution is -2.29. The van der Waals surface area contributed by atoms with E-state index in [1.807, 2.05) is 24.3 Å². The Morgan fingerprint density at radius 3 is 1.55 bits per heavy atom. The number of allylic oxidation sites excluding steroid dienone is 17. The molecule has 0 saturated carbocycles. The van der Waals surface area contributed by atoms with Crippen LogP contribution in [0.4, 0.5) is 0 Å². The lowest BCUT2D eigenvalue weighted by Gasteiger charge is -2.18. The first kappa shape index (κ1) is 51.7. The van der Waals surface area contributed by atoms with Crippen LogP contribution in [-0.2, 0) is 28.2 Å². The first-order valence-corrected chi connectivity index (χ1v) is 21.8. The molecule has 2 atom stereocenters. The number of hydrogen-bond donors (Lipinski definition) is 3. The molecule has 0 aliphatic heterocycles. The maximum atomic E-state index is 12.4. The normalized spacial score (nSPS) is 14.2. The molecule has 0 aliphatic carbocycles. The molecule has 0 heterocycles. The summed E-state index contributed by atoms with van der Waals surface area (Å²) in [5, 5.41) is 9.79. The highest BCUT2D eigenvalue weighted by Crippen LogP contribution is 2.36. The van der Waals surface area contributed by atoms with Crippen LogP contribution in [0, 0.1) is 0 Å². The number of phosphoric acid groups is 1. The first-order valence-electron chi connectivity index (χ1n) is 20.3. The van der Waals surface area contributed by atoms with Crippen molar-refractivity contribution < 1.29 is 43.0 Å². The molecular weight excluding hydrogens is 715 g/mol. The van der Waals surface area contributed by atoms with E-state index in [-0.39, 0.29) is 25.6 Å². The van der Waals surface area contributed by atoms with Gasteiger partial charge in [0.25, 0.3) is 0 Å². The standard InChI is InChI=1S/C45H71O9P/c1-3-5-7-8-9-10-11-12-13-14-15-16-17-18-23-26-29-32-35-39-45(48)54-43(41-53-55(49,50)51)40-52-44(47)38-34-31-28-25-22-20-19-21-24-27-30-33-37-42(46)36-6-4-2/h5,7,9-10,12-13,15-16,18-20,23-25,27-28,33,37,42-43,46H,3-4,6,8,11,14,17,21-22,26,29-32,34-36,38-41H2,1-2H3,(H2,49,50,51)/b7-5-,10-9-,13-12-,16-15-,20-19-,23-18-,27-24-,28-25-,37-33-/t42-,43+/m0/s1. The summed E-state index contributed by atoms with van der Waals surface area (Å²) in [5.74, 6) is -1.02. The van der Waals surface area contributed by atoms with Crippen molar-refractivity contribution in [3.63, 3.8) is 0 Å². The predicted octanol–water partition coefficient (Wildman–Crippen LogP) is 11.4. The van der Waals surface area contributed by atoms with E-state index in [4.69, 9.17) is 19.3 Å². The molecule has 310 valence electrons. The van der Waals surface area contributed by atoms with Gasteiger partial charge in [0.05, 0.1) is 12.7 Å². The number of hydrogen-bond acceptors (Lipinski definition) is 7. The van der Waals surface area contributed by atoms with E-state index in [1.54, 1.807) is 0 Å². The van der Waals surface area contributed by atoms with Gasteiger partial charge < -0.3 is 24.4 Å². The molecule has 0 spiro atoms. The van der Waals surface area contributed by atoms with Crippen molar-refractivity contribution in [2.45, 2.75) is 148 Å². The summed E-state index contributed by atoms with van der Waals surface area (Å²) in [6, 6.07) is 0. The second kappa shape index (κ2) is 38.9. The molecule has 0 unspecified atom stereocenters. The van der Waals surface area contributed by atoms with Crippen LogP contribution >= 0.6 is 7.82 Å². The molecule has 0 amide bonds. The highest BCUT2D eigenvalue weighted by Gasteiger charge is 2.22. The third-order valence-electron chi connectivity index (χ3n) is 7.85. The molecule has 0 aromatic heterocycles. The van der Waals surface area contributed by atoms with Crippen molar-refractivity contribution in [1.82, 2.24) is 0 Å². The third kappa shape index (κ3) is 41.7. The maximum absolute atomic E-state index is 12.4. The van der Waals surface area contributed by atoms with E-state index < -0.39 is 32.5 Å². The molecule has 0 saturated heterocycles.